The molecule has 0 saturated heterocycles. The van der Waals surface area contributed by atoms with Gasteiger partial charge in [-0.3, -0.25) is 4.79 Å². The van der Waals surface area contributed by atoms with Crippen molar-refractivity contribution < 1.29 is 23.8 Å². The van der Waals surface area contributed by atoms with Gasteiger partial charge in [0.1, 0.15) is 0 Å². The van der Waals surface area contributed by atoms with E-state index in [1.54, 1.807) is 18.2 Å². The maximum Gasteiger partial charge on any atom is 0.345 e. The Bertz CT molecular complexity index is 597. The average Bonchev–Trinajstić information content (AvgIpc) is 2.72. The van der Waals surface area contributed by atoms with E-state index in [0.29, 0.717) is 18.1 Å². The van der Waals surface area contributed by atoms with E-state index in [1.807, 2.05) is 0 Å². The number of benzene rings is 1. The second-order valence-electron chi connectivity index (χ2n) is 7.41. The van der Waals surface area contributed by atoms with E-state index < -0.39 is 11.9 Å². The zero-order valence-corrected chi connectivity index (χ0v) is 18.5. The molecule has 1 aromatic rings. The summed E-state index contributed by atoms with van der Waals surface area (Å²) in [6.45, 7) is 4.90. The lowest BCUT2D eigenvalue weighted by Crippen LogP contribution is -2.12. The number of carbonyl (C=O) groups is 2. The van der Waals surface area contributed by atoms with E-state index in [9.17, 15) is 9.59 Å². The SMILES string of the molecule is CCCCCCCCCCCC(=O)OC(=O)c1ccc(OCCCC)c(OC)c1. The molecule has 1 rings (SSSR count). The van der Waals surface area contributed by atoms with Gasteiger partial charge in [-0.1, -0.05) is 71.6 Å². The van der Waals surface area contributed by atoms with Crippen molar-refractivity contribution >= 4 is 11.9 Å². The topological polar surface area (TPSA) is 61.8 Å². The summed E-state index contributed by atoms with van der Waals surface area (Å²) in [4.78, 5) is 24.1. The van der Waals surface area contributed by atoms with Crippen LogP contribution in [-0.4, -0.2) is 25.7 Å². The Balaban J connectivity index is 2.31. The number of hydrogen-bond acceptors (Lipinski definition) is 5. The highest BCUT2D eigenvalue weighted by Gasteiger charge is 2.15. The minimum absolute atomic E-state index is 0.275. The van der Waals surface area contributed by atoms with Gasteiger partial charge in [-0.05, 0) is 31.0 Å². The number of carbonyl (C=O) groups excluding carboxylic acids is 2. The monoisotopic (exact) mass is 406 g/mol. The minimum atomic E-state index is -0.649. The van der Waals surface area contributed by atoms with Crippen molar-refractivity contribution in [1.29, 1.82) is 0 Å². The third-order valence-electron chi connectivity index (χ3n) is 4.85. The Hall–Kier alpha value is -2.04. The van der Waals surface area contributed by atoms with E-state index in [1.165, 1.54) is 45.6 Å². The Morgan fingerprint density at radius 3 is 2.03 bits per heavy atom. The zero-order valence-electron chi connectivity index (χ0n) is 18.5. The fourth-order valence-electron chi connectivity index (χ4n) is 3.03. The lowest BCUT2D eigenvalue weighted by atomic mass is 10.1. The summed E-state index contributed by atoms with van der Waals surface area (Å²) < 4.78 is 15.9. The second kappa shape index (κ2) is 15.8. The van der Waals surface area contributed by atoms with Gasteiger partial charge in [0.2, 0.25) is 0 Å². The Morgan fingerprint density at radius 2 is 1.41 bits per heavy atom. The molecule has 0 aliphatic rings. The van der Waals surface area contributed by atoms with E-state index in [0.717, 1.165) is 32.1 Å². The highest BCUT2D eigenvalue weighted by molar-refractivity contribution is 5.97. The van der Waals surface area contributed by atoms with Crippen LogP contribution >= 0.6 is 0 Å². The molecule has 0 unspecified atom stereocenters. The van der Waals surface area contributed by atoms with Gasteiger partial charge in [-0.15, -0.1) is 0 Å². The first-order chi connectivity index (χ1) is 14.1. The van der Waals surface area contributed by atoms with Gasteiger partial charge in [0.25, 0.3) is 0 Å². The standard InChI is InChI=1S/C24H38O5/c1-4-6-8-9-10-11-12-13-14-15-23(25)29-24(26)20-16-17-21(22(19-20)27-3)28-18-7-5-2/h16-17,19H,4-15,18H2,1-3H3. The molecular formula is C24H38O5. The number of rotatable bonds is 16. The van der Waals surface area contributed by atoms with Crippen molar-refractivity contribution in [2.45, 2.75) is 90.9 Å². The Kier molecular flexibility index (Phi) is 13.6. The van der Waals surface area contributed by atoms with Gasteiger partial charge >= 0.3 is 11.9 Å². The third kappa shape index (κ3) is 10.9. The molecule has 1 aromatic carbocycles. The molecule has 0 aliphatic heterocycles. The summed E-state index contributed by atoms with van der Waals surface area (Å²) in [6.07, 6.45) is 12.8. The van der Waals surface area contributed by atoms with Crippen LogP contribution in [0.3, 0.4) is 0 Å². The van der Waals surface area contributed by atoms with Gasteiger partial charge in [0, 0.05) is 6.42 Å². The summed E-state index contributed by atoms with van der Waals surface area (Å²) in [7, 11) is 1.52. The van der Waals surface area contributed by atoms with E-state index in [-0.39, 0.29) is 12.0 Å². The molecule has 0 saturated carbocycles. The molecule has 0 amide bonds. The van der Waals surface area contributed by atoms with Crippen molar-refractivity contribution in [3.63, 3.8) is 0 Å². The zero-order chi connectivity index (χ0) is 21.3. The first-order valence-corrected chi connectivity index (χ1v) is 11.2. The number of unbranched alkanes of at least 4 members (excludes halogenated alkanes) is 9. The number of esters is 2. The molecule has 0 aromatic heterocycles. The Morgan fingerprint density at radius 1 is 0.793 bits per heavy atom. The molecule has 0 spiro atoms. The van der Waals surface area contributed by atoms with E-state index >= 15 is 0 Å². The quantitative estimate of drug-likeness (QED) is 0.179. The lowest BCUT2D eigenvalue weighted by molar-refractivity contribution is -0.138. The van der Waals surface area contributed by atoms with Crippen LogP contribution in [0.5, 0.6) is 11.5 Å². The van der Waals surface area contributed by atoms with Crippen LogP contribution in [0.25, 0.3) is 0 Å². The third-order valence-corrected chi connectivity index (χ3v) is 4.85. The fourth-order valence-corrected chi connectivity index (χ4v) is 3.03. The van der Waals surface area contributed by atoms with Crippen LogP contribution in [-0.2, 0) is 9.53 Å². The molecule has 5 nitrogen and oxygen atoms in total. The largest absolute Gasteiger partial charge is 0.493 e. The minimum Gasteiger partial charge on any atom is -0.493 e. The van der Waals surface area contributed by atoms with Crippen molar-refractivity contribution in [2.24, 2.45) is 0 Å². The van der Waals surface area contributed by atoms with Crippen LogP contribution in [0.15, 0.2) is 18.2 Å². The fraction of sp³-hybridized carbons (Fsp3) is 0.667. The lowest BCUT2D eigenvalue weighted by Gasteiger charge is -2.11. The smallest absolute Gasteiger partial charge is 0.345 e. The summed E-state index contributed by atoms with van der Waals surface area (Å²) in [5.41, 5.74) is 0.283. The van der Waals surface area contributed by atoms with Crippen molar-refractivity contribution in [2.75, 3.05) is 13.7 Å². The summed E-state index contributed by atoms with van der Waals surface area (Å²) >= 11 is 0. The summed E-state index contributed by atoms with van der Waals surface area (Å²) in [5.74, 6) is -0.0787. The molecule has 0 bridgehead atoms. The molecule has 29 heavy (non-hydrogen) atoms. The van der Waals surface area contributed by atoms with Crippen molar-refractivity contribution in [1.82, 2.24) is 0 Å². The van der Waals surface area contributed by atoms with Crippen LogP contribution in [0, 0.1) is 0 Å². The van der Waals surface area contributed by atoms with Gasteiger partial charge in [-0.25, -0.2) is 4.79 Å². The van der Waals surface area contributed by atoms with Crippen LogP contribution in [0.4, 0.5) is 0 Å². The van der Waals surface area contributed by atoms with E-state index in [4.69, 9.17) is 14.2 Å². The first kappa shape index (κ1) is 25.0. The average molecular weight is 407 g/mol. The maximum atomic E-state index is 12.2. The van der Waals surface area contributed by atoms with Gasteiger partial charge in [-0.2, -0.15) is 0 Å². The molecule has 0 aliphatic carbocycles. The molecule has 0 atom stereocenters. The number of ether oxygens (including phenoxy) is 3. The molecule has 5 heteroatoms. The van der Waals surface area contributed by atoms with Crippen molar-refractivity contribution in [3.05, 3.63) is 23.8 Å². The Labute approximate surface area is 176 Å². The predicted molar refractivity (Wildman–Crippen MR) is 116 cm³/mol. The van der Waals surface area contributed by atoms with Gasteiger partial charge < -0.3 is 14.2 Å². The molecular weight excluding hydrogens is 368 g/mol. The number of methoxy groups -OCH3 is 1. The first-order valence-electron chi connectivity index (χ1n) is 11.2. The normalized spacial score (nSPS) is 10.6. The van der Waals surface area contributed by atoms with Crippen LogP contribution in [0.1, 0.15) is 101 Å². The van der Waals surface area contributed by atoms with Gasteiger partial charge in [0.15, 0.2) is 11.5 Å². The van der Waals surface area contributed by atoms with Crippen LogP contribution < -0.4 is 9.47 Å². The van der Waals surface area contributed by atoms with Crippen molar-refractivity contribution in [3.8, 4) is 11.5 Å². The maximum absolute atomic E-state index is 12.2. The van der Waals surface area contributed by atoms with E-state index in [2.05, 4.69) is 13.8 Å². The molecule has 0 fully saturated rings. The molecule has 164 valence electrons. The highest BCUT2D eigenvalue weighted by Crippen LogP contribution is 2.28. The summed E-state index contributed by atoms with van der Waals surface area (Å²) in [5, 5.41) is 0. The molecule has 0 N–H and O–H groups in total. The molecule has 0 radical (unpaired) electrons. The summed E-state index contributed by atoms with van der Waals surface area (Å²) in [6, 6.07) is 4.82. The predicted octanol–water partition coefficient (Wildman–Crippen LogP) is 6.48. The second-order valence-corrected chi connectivity index (χ2v) is 7.41. The van der Waals surface area contributed by atoms with Crippen LogP contribution in [0.2, 0.25) is 0 Å². The van der Waals surface area contributed by atoms with Gasteiger partial charge in [0.05, 0.1) is 19.3 Å². The molecule has 0 heterocycles. The number of hydrogen-bond donors (Lipinski definition) is 0. The highest BCUT2D eigenvalue weighted by atomic mass is 16.6.